The molecule has 2 aromatic rings. The lowest BCUT2D eigenvalue weighted by atomic mass is 10.2. The number of primary sulfonamides is 1. The van der Waals surface area contributed by atoms with E-state index in [4.69, 9.17) is 10.3 Å². The second-order valence-electron chi connectivity index (χ2n) is 3.76. The van der Waals surface area contributed by atoms with Gasteiger partial charge in [-0.3, -0.25) is 10.1 Å². The second kappa shape index (κ2) is 5.80. The van der Waals surface area contributed by atoms with Gasteiger partial charge in [0.05, 0.1) is 0 Å². The number of amides is 1. The van der Waals surface area contributed by atoms with Crippen LogP contribution in [0, 0.1) is 5.21 Å². The lowest BCUT2D eigenvalue weighted by Gasteiger charge is -2.11. The number of hydrogen-bond donors (Lipinski definition) is 4. The van der Waals surface area contributed by atoms with Gasteiger partial charge in [-0.25, -0.2) is 18.8 Å². The molecule has 0 spiro atoms. The van der Waals surface area contributed by atoms with Crippen LogP contribution in [0.1, 0.15) is 10.4 Å². The molecule has 0 radical (unpaired) electrons. The molecule has 112 valence electrons. The minimum atomic E-state index is -3.98. The number of nitrogens with two attached hydrogens (primary N) is 1. The molecule has 1 amide bonds. The highest BCUT2D eigenvalue weighted by Crippen LogP contribution is 2.19. The van der Waals surface area contributed by atoms with E-state index in [2.05, 4.69) is 15.5 Å². The van der Waals surface area contributed by atoms with Crippen LogP contribution in [0.4, 0.5) is 10.8 Å². The molecule has 10 nitrogen and oxygen atoms in total. The van der Waals surface area contributed by atoms with Gasteiger partial charge in [-0.1, -0.05) is 17.4 Å². The molecule has 21 heavy (non-hydrogen) atoms. The molecule has 1 heterocycles. The average molecular weight is 331 g/mol. The van der Waals surface area contributed by atoms with Gasteiger partial charge in [0.15, 0.2) is 5.69 Å². The summed E-state index contributed by atoms with van der Waals surface area (Å²) in [6.45, 7) is 0. The zero-order valence-electron chi connectivity index (χ0n) is 10.2. The zero-order chi connectivity index (χ0) is 15.6. The quantitative estimate of drug-likeness (QED) is 0.405. The molecule has 1 aromatic carbocycles. The molecule has 5 N–H and O–H groups in total. The molecule has 1 atom stereocenters. The van der Waals surface area contributed by atoms with Gasteiger partial charge in [0.25, 0.3) is 15.9 Å². The maximum atomic E-state index is 11.9. The lowest BCUT2D eigenvalue weighted by molar-refractivity contribution is -0.991. The van der Waals surface area contributed by atoms with Crippen LogP contribution in [-0.2, 0) is 10.0 Å². The van der Waals surface area contributed by atoms with E-state index in [9.17, 15) is 18.4 Å². The first kappa shape index (κ1) is 15.4. The summed E-state index contributed by atoms with van der Waals surface area (Å²) in [5.41, 5.74) is 0.0346. The maximum absolute atomic E-state index is 11.9. The Morgan fingerprint density at radius 1 is 1.43 bits per heavy atom. The van der Waals surface area contributed by atoms with Crippen molar-refractivity contribution in [1.29, 1.82) is 0 Å². The van der Waals surface area contributed by atoms with Gasteiger partial charge >= 0.3 is 0 Å². The summed E-state index contributed by atoms with van der Waals surface area (Å²) in [5, 5.41) is 32.4. The SMILES string of the molecule is NS(=O)(=O)c1nnc(NC(=O)c2cccc([NH+]([O-])O)c2)s1. The van der Waals surface area contributed by atoms with Crippen molar-refractivity contribution >= 4 is 38.1 Å². The Kier molecular flexibility index (Phi) is 4.26. The van der Waals surface area contributed by atoms with Crippen LogP contribution in [0.3, 0.4) is 0 Å². The number of rotatable bonds is 4. The predicted octanol–water partition coefficient (Wildman–Crippen LogP) is -1.16. The third kappa shape index (κ3) is 3.78. The summed E-state index contributed by atoms with van der Waals surface area (Å²) in [5.74, 6) is -0.643. The third-order valence-corrected chi connectivity index (χ3v) is 4.39. The van der Waals surface area contributed by atoms with Gasteiger partial charge in [-0.2, -0.15) is 5.23 Å². The highest BCUT2D eigenvalue weighted by atomic mass is 32.2. The van der Waals surface area contributed by atoms with Gasteiger partial charge in [-0.05, 0) is 6.07 Å². The first-order valence-corrected chi connectivity index (χ1v) is 7.64. The summed E-state index contributed by atoms with van der Waals surface area (Å²) in [6, 6.07) is 5.33. The predicted molar refractivity (Wildman–Crippen MR) is 71.5 cm³/mol. The number of carbonyl (C=O) groups excluding carboxylic acids is 1. The first-order chi connectivity index (χ1) is 9.77. The van der Waals surface area contributed by atoms with Crippen molar-refractivity contribution in [3.8, 4) is 0 Å². The van der Waals surface area contributed by atoms with Gasteiger partial charge in [0.1, 0.15) is 0 Å². The van der Waals surface area contributed by atoms with E-state index >= 15 is 0 Å². The number of carbonyl (C=O) groups is 1. The second-order valence-corrected chi connectivity index (χ2v) is 6.47. The number of aromatic nitrogens is 2. The number of quaternary nitrogens is 1. The Morgan fingerprint density at radius 3 is 2.71 bits per heavy atom. The van der Waals surface area contributed by atoms with Gasteiger partial charge in [-0.15, -0.1) is 10.2 Å². The normalized spacial score (nSPS) is 12.9. The number of nitrogens with zero attached hydrogens (tertiary/aromatic N) is 2. The Balaban J connectivity index is 2.18. The van der Waals surface area contributed by atoms with Crippen molar-refractivity contribution in [1.82, 2.24) is 10.2 Å². The Bertz CT molecular complexity index is 772. The van der Waals surface area contributed by atoms with Crippen molar-refractivity contribution in [2.45, 2.75) is 4.34 Å². The van der Waals surface area contributed by atoms with Gasteiger partial charge in [0.2, 0.25) is 9.47 Å². The van der Waals surface area contributed by atoms with Crippen LogP contribution < -0.4 is 15.7 Å². The number of benzene rings is 1. The van der Waals surface area contributed by atoms with Crippen LogP contribution >= 0.6 is 11.3 Å². The van der Waals surface area contributed by atoms with Crippen LogP contribution in [0.2, 0.25) is 0 Å². The summed E-state index contributed by atoms with van der Waals surface area (Å²) in [6.07, 6.45) is 0. The number of nitrogens with one attached hydrogen (secondary N) is 2. The smallest absolute Gasteiger partial charge is 0.267 e. The molecule has 0 bridgehead atoms. The zero-order valence-corrected chi connectivity index (χ0v) is 11.8. The van der Waals surface area contributed by atoms with E-state index in [0.29, 0.717) is 11.3 Å². The molecule has 0 fully saturated rings. The van der Waals surface area contributed by atoms with Crippen LogP contribution in [-0.4, -0.2) is 29.7 Å². The fourth-order valence-corrected chi connectivity index (χ4v) is 2.67. The fourth-order valence-electron chi connectivity index (χ4n) is 1.34. The molecular weight excluding hydrogens is 322 g/mol. The molecule has 0 aliphatic rings. The van der Waals surface area contributed by atoms with Crippen molar-refractivity contribution in [3.05, 3.63) is 35.0 Å². The molecule has 0 saturated heterocycles. The van der Waals surface area contributed by atoms with E-state index in [1.54, 1.807) is 0 Å². The van der Waals surface area contributed by atoms with Gasteiger partial charge < -0.3 is 5.21 Å². The Morgan fingerprint density at radius 2 is 2.14 bits per heavy atom. The fraction of sp³-hybridized carbons (Fsp3) is 0. The average Bonchev–Trinajstić information content (AvgIpc) is 2.87. The minimum Gasteiger partial charge on any atom is -0.595 e. The van der Waals surface area contributed by atoms with E-state index in [0.717, 1.165) is 0 Å². The topological polar surface area (TPSA) is 163 Å². The molecule has 0 saturated carbocycles. The highest BCUT2D eigenvalue weighted by Gasteiger charge is 2.17. The van der Waals surface area contributed by atoms with Crippen LogP contribution in [0.25, 0.3) is 0 Å². The highest BCUT2D eigenvalue weighted by molar-refractivity contribution is 7.91. The van der Waals surface area contributed by atoms with E-state index in [-0.39, 0.29) is 16.4 Å². The monoisotopic (exact) mass is 331 g/mol. The van der Waals surface area contributed by atoms with E-state index in [1.165, 1.54) is 24.3 Å². The summed E-state index contributed by atoms with van der Waals surface area (Å²) < 4.78 is 21.6. The van der Waals surface area contributed by atoms with Crippen LogP contribution in [0.15, 0.2) is 28.6 Å². The molecule has 12 heteroatoms. The third-order valence-electron chi connectivity index (χ3n) is 2.24. The number of hydrogen-bond acceptors (Lipinski definition) is 8. The number of anilines is 1. The van der Waals surface area contributed by atoms with E-state index in [1.807, 2.05) is 0 Å². The molecule has 0 aliphatic carbocycles. The Labute approximate surface area is 122 Å². The van der Waals surface area contributed by atoms with E-state index < -0.39 is 25.5 Å². The standard InChI is InChI=1S/C9H9N5O5S2/c10-21(18,19)9-13-12-8(20-9)11-7(15)5-2-1-3-6(4-5)14(16)17/h1-4,14,16H,(H2,10,18,19)(H,11,12,15). The summed E-state index contributed by atoms with van der Waals surface area (Å²) in [4.78, 5) is 11.9. The van der Waals surface area contributed by atoms with Crippen molar-refractivity contribution in [2.24, 2.45) is 5.14 Å². The summed E-state index contributed by atoms with van der Waals surface area (Å²) in [7, 11) is -3.98. The van der Waals surface area contributed by atoms with Crippen molar-refractivity contribution in [2.75, 3.05) is 5.32 Å². The minimum absolute atomic E-state index is 0.0508. The number of sulfonamides is 1. The molecule has 1 unspecified atom stereocenters. The lowest BCUT2D eigenvalue weighted by Crippen LogP contribution is -2.99. The maximum Gasteiger partial charge on any atom is 0.267 e. The molecule has 2 rings (SSSR count). The van der Waals surface area contributed by atoms with Crippen molar-refractivity contribution in [3.63, 3.8) is 0 Å². The first-order valence-electron chi connectivity index (χ1n) is 5.28. The van der Waals surface area contributed by atoms with Crippen LogP contribution in [0.5, 0.6) is 0 Å². The summed E-state index contributed by atoms with van der Waals surface area (Å²) >= 11 is 0.590. The van der Waals surface area contributed by atoms with Crippen molar-refractivity contribution < 1.29 is 23.6 Å². The Hall–Kier alpha value is -1.96. The molecular formula is C9H9N5O5S2. The largest absolute Gasteiger partial charge is 0.595 e. The molecule has 1 aromatic heterocycles. The van der Waals surface area contributed by atoms with Gasteiger partial charge in [0, 0.05) is 17.7 Å². The molecule has 0 aliphatic heterocycles.